The lowest BCUT2D eigenvalue weighted by atomic mass is 9.75. The molecule has 2 nitrogen and oxygen atoms in total. The number of rotatable bonds is 2. The van der Waals surface area contributed by atoms with Crippen LogP contribution in [0.3, 0.4) is 0 Å². The molecule has 1 amide bonds. The number of nitrogens with zero attached hydrogens (tertiary/aromatic N) is 1. The van der Waals surface area contributed by atoms with Gasteiger partial charge in [-0.25, -0.2) is 0 Å². The molecule has 0 radical (unpaired) electrons. The van der Waals surface area contributed by atoms with Gasteiger partial charge >= 0.3 is 0 Å². The zero-order valence-electron chi connectivity index (χ0n) is 11.6. The maximum absolute atomic E-state index is 12.3. The Morgan fingerprint density at radius 2 is 2.05 bits per heavy atom. The third kappa shape index (κ3) is 3.34. The summed E-state index contributed by atoms with van der Waals surface area (Å²) in [6.45, 7) is 1.92. The second kappa shape index (κ2) is 6.44. The first-order valence-corrected chi connectivity index (χ1v) is 9.05. The molecule has 1 aromatic rings. The normalized spacial score (nSPS) is 26.8. The molecule has 0 spiro atoms. The number of halogens is 1. The number of carbonyl (C=O) groups excluding carboxylic acids is 1. The monoisotopic (exact) mass is 353 g/mol. The lowest BCUT2D eigenvalue weighted by Crippen LogP contribution is -2.44. The largest absolute Gasteiger partial charge is 0.339 e. The highest BCUT2D eigenvalue weighted by Gasteiger charge is 2.32. The molecule has 108 valence electrons. The van der Waals surface area contributed by atoms with Crippen molar-refractivity contribution >= 4 is 39.2 Å². The molecule has 0 aromatic carbocycles. The molecule has 2 fully saturated rings. The van der Waals surface area contributed by atoms with E-state index in [-0.39, 0.29) is 5.91 Å². The van der Waals surface area contributed by atoms with Gasteiger partial charge in [0.25, 0.3) is 0 Å². The van der Waals surface area contributed by atoms with Crippen LogP contribution in [0.5, 0.6) is 0 Å². The SMILES string of the molecule is O=C(/C=C/c1ccc(Br)s1)N1CC[C@@H]2CCCC[C@H]2C1. The third-order valence-corrected chi connectivity index (χ3v) is 6.18. The second-order valence-electron chi connectivity index (χ2n) is 5.85. The van der Waals surface area contributed by atoms with Gasteiger partial charge in [-0.15, -0.1) is 11.3 Å². The first kappa shape index (κ1) is 14.3. The van der Waals surface area contributed by atoms with Crippen LogP contribution >= 0.6 is 27.3 Å². The minimum atomic E-state index is 0.179. The number of piperidine rings is 1. The Hall–Kier alpha value is -0.610. The highest BCUT2D eigenvalue weighted by Crippen LogP contribution is 2.36. The molecular weight excluding hydrogens is 334 g/mol. The summed E-state index contributed by atoms with van der Waals surface area (Å²) in [5, 5.41) is 0. The fourth-order valence-corrected chi connectivity index (χ4v) is 4.80. The molecule has 0 unspecified atom stereocenters. The lowest BCUT2D eigenvalue weighted by Gasteiger charge is -2.41. The van der Waals surface area contributed by atoms with Crippen molar-refractivity contribution in [1.82, 2.24) is 4.90 Å². The second-order valence-corrected chi connectivity index (χ2v) is 8.35. The highest BCUT2D eigenvalue weighted by atomic mass is 79.9. The Balaban J connectivity index is 1.58. The van der Waals surface area contributed by atoms with Crippen molar-refractivity contribution in [2.24, 2.45) is 11.8 Å². The zero-order chi connectivity index (χ0) is 13.9. The van der Waals surface area contributed by atoms with E-state index in [2.05, 4.69) is 15.9 Å². The summed E-state index contributed by atoms with van der Waals surface area (Å²) in [6, 6.07) is 4.05. The fraction of sp³-hybridized carbons (Fsp3) is 0.562. The molecule has 1 saturated heterocycles. The van der Waals surface area contributed by atoms with Crippen LogP contribution in [0.25, 0.3) is 6.08 Å². The predicted octanol–water partition coefficient (Wildman–Crippen LogP) is 4.56. The van der Waals surface area contributed by atoms with Crippen molar-refractivity contribution in [3.05, 3.63) is 26.9 Å². The smallest absolute Gasteiger partial charge is 0.246 e. The molecule has 20 heavy (non-hydrogen) atoms. The van der Waals surface area contributed by atoms with Gasteiger partial charge in [0.05, 0.1) is 3.79 Å². The van der Waals surface area contributed by atoms with E-state index in [4.69, 9.17) is 0 Å². The zero-order valence-corrected chi connectivity index (χ0v) is 14.0. The molecule has 2 heterocycles. The molecule has 1 aliphatic carbocycles. The van der Waals surface area contributed by atoms with Gasteiger partial charge in [-0.1, -0.05) is 19.3 Å². The quantitative estimate of drug-likeness (QED) is 0.713. The maximum atomic E-state index is 12.3. The molecule has 1 aromatic heterocycles. The van der Waals surface area contributed by atoms with E-state index in [0.29, 0.717) is 0 Å². The van der Waals surface area contributed by atoms with Crippen LogP contribution in [0.15, 0.2) is 22.0 Å². The Kier molecular flexibility index (Phi) is 4.61. The molecular formula is C16H20BrNOS. The third-order valence-electron chi connectivity index (χ3n) is 4.59. The molecule has 1 aliphatic heterocycles. The van der Waals surface area contributed by atoms with Crippen LogP contribution in [0.4, 0.5) is 0 Å². The van der Waals surface area contributed by atoms with Gasteiger partial charge in [0.15, 0.2) is 0 Å². The van der Waals surface area contributed by atoms with Crippen molar-refractivity contribution in [3.8, 4) is 0 Å². The van der Waals surface area contributed by atoms with Crippen molar-refractivity contribution in [1.29, 1.82) is 0 Å². The molecule has 2 aliphatic rings. The fourth-order valence-electron chi connectivity index (χ4n) is 3.48. The average molecular weight is 354 g/mol. The summed E-state index contributed by atoms with van der Waals surface area (Å²) in [7, 11) is 0. The van der Waals surface area contributed by atoms with E-state index >= 15 is 0 Å². The van der Waals surface area contributed by atoms with Crippen LogP contribution in [0, 0.1) is 11.8 Å². The number of likely N-dealkylation sites (tertiary alicyclic amines) is 1. The average Bonchev–Trinajstić information content (AvgIpc) is 2.90. The van der Waals surface area contributed by atoms with Crippen molar-refractivity contribution in [2.45, 2.75) is 32.1 Å². The molecule has 0 N–H and O–H groups in total. The van der Waals surface area contributed by atoms with Crippen LogP contribution in [0.2, 0.25) is 0 Å². The maximum Gasteiger partial charge on any atom is 0.246 e. The summed E-state index contributed by atoms with van der Waals surface area (Å²) in [5.41, 5.74) is 0. The first-order valence-electron chi connectivity index (χ1n) is 7.45. The van der Waals surface area contributed by atoms with Gasteiger partial charge in [0, 0.05) is 24.0 Å². The highest BCUT2D eigenvalue weighted by molar-refractivity contribution is 9.11. The van der Waals surface area contributed by atoms with Crippen molar-refractivity contribution in [2.75, 3.05) is 13.1 Å². The summed E-state index contributed by atoms with van der Waals surface area (Å²) in [6.07, 6.45) is 10.3. The minimum Gasteiger partial charge on any atom is -0.339 e. The van der Waals surface area contributed by atoms with Gasteiger partial charge in [-0.2, -0.15) is 0 Å². The molecule has 1 saturated carbocycles. The van der Waals surface area contributed by atoms with Crippen LogP contribution in [-0.2, 0) is 4.79 Å². The van der Waals surface area contributed by atoms with Crippen LogP contribution in [-0.4, -0.2) is 23.9 Å². The first-order chi connectivity index (χ1) is 9.72. The standard InChI is InChI=1S/C16H20BrNOS/c17-15-7-5-14(20-15)6-8-16(19)18-10-9-12-3-1-2-4-13(12)11-18/h5-8,12-13H,1-4,9-11H2/b8-6+/t12-,13-/m0/s1. The van der Waals surface area contributed by atoms with E-state index in [1.807, 2.05) is 23.1 Å². The Bertz CT molecular complexity index is 510. The van der Waals surface area contributed by atoms with E-state index in [0.717, 1.165) is 33.6 Å². The number of hydrogen-bond acceptors (Lipinski definition) is 2. The number of amides is 1. The summed E-state index contributed by atoms with van der Waals surface area (Å²) in [5.74, 6) is 1.81. The molecule has 2 atom stereocenters. The Labute approximate surface area is 133 Å². The van der Waals surface area contributed by atoms with Gasteiger partial charge in [-0.3, -0.25) is 4.79 Å². The molecule has 0 bridgehead atoms. The van der Waals surface area contributed by atoms with Gasteiger partial charge in [-0.05, 0) is 58.8 Å². The summed E-state index contributed by atoms with van der Waals surface area (Å²) in [4.78, 5) is 15.5. The van der Waals surface area contributed by atoms with E-state index in [9.17, 15) is 4.79 Å². The number of thiophene rings is 1. The Morgan fingerprint density at radius 1 is 1.25 bits per heavy atom. The Morgan fingerprint density at radius 3 is 2.80 bits per heavy atom. The van der Waals surface area contributed by atoms with E-state index in [1.165, 1.54) is 32.1 Å². The van der Waals surface area contributed by atoms with Crippen LogP contribution < -0.4 is 0 Å². The number of hydrogen-bond donors (Lipinski definition) is 0. The number of carbonyl (C=O) groups is 1. The lowest BCUT2D eigenvalue weighted by molar-refractivity contribution is -0.128. The van der Waals surface area contributed by atoms with E-state index < -0.39 is 0 Å². The topological polar surface area (TPSA) is 20.3 Å². The minimum absolute atomic E-state index is 0.179. The number of fused-ring (bicyclic) bond motifs is 1. The van der Waals surface area contributed by atoms with Gasteiger partial charge < -0.3 is 4.90 Å². The molecule has 4 heteroatoms. The van der Waals surface area contributed by atoms with E-state index in [1.54, 1.807) is 17.4 Å². The predicted molar refractivity (Wildman–Crippen MR) is 87.7 cm³/mol. The molecule has 3 rings (SSSR count). The summed E-state index contributed by atoms with van der Waals surface area (Å²) < 4.78 is 1.10. The van der Waals surface area contributed by atoms with Crippen molar-refractivity contribution in [3.63, 3.8) is 0 Å². The van der Waals surface area contributed by atoms with Crippen molar-refractivity contribution < 1.29 is 4.79 Å². The van der Waals surface area contributed by atoms with Gasteiger partial charge in [0.1, 0.15) is 0 Å². The van der Waals surface area contributed by atoms with Crippen LogP contribution in [0.1, 0.15) is 37.0 Å². The van der Waals surface area contributed by atoms with Gasteiger partial charge in [0.2, 0.25) is 5.91 Å². The summed E-state index contributed by atoms with van der Waals surface area (Å²) >= 11 is 5.10.